The van der Waals surface area contributed by atoms with Crippen molar-refractivity contribution in [3.63, 3.8) is 0 Å². The lowest BCUT2D eigenvalue weighted by molar-refractivity contribution is -0.380. The molecule has 0 amide bonds. The van der Waals surface area contributed by atoms with E-state index in [0.29, 0.717) is 4.88 Å². The van der Waals surface area contributed by atoms with Gasteiger partial charge in [0.2, 0.25) is 0 Å². The molecular weight excluding hydrogens is 571 g/mol. The molecule has 5 heterocycles. The van der Waals surface area contributed by atoms with Crippen LogP contribution < -0.4 is 4.74 Å². The van der Waals surface area contributed by atoms with Crippen LogP contribution in [0.2, 0.25) is 0 Å². The lowest BCUT2D eigenvalue weighted by Crippen LogP contribution is -1.80. The third kappa shape index (κ3) is 6.82. The van der Waals surface area contributed by atoms with E-state index in [1.54, 1.807) is 35.8 Å². The van der Waals surface area contributed by atoms with Crippen molar-refractivity contribution in [2.75, 3.05) is 7.11 Å². The lowest BCUT2D eigenvalue weighted by atomic mass is 10.3. The van der Waals surface area contributed by atoms with Gasteiger partial charge in [-0.2, -0.15) is 0 Å². The molecule has 0 aliphatic rings. The first-order chi connectivity index (χ1) is 18.5. The van der Waals surface area contributed by atoms with E-state index in [1.807, 2.05) is 48.5 Å². The Hall–Kier alpha value is -4.06. The summed E-state index contributed by atoms with van der Waals surface area (Å²) >= 11 is 7.20. The van der Waals surface area contributed by atoms with Crippen LogP contribution in [0, 0.1) is 57.5 Å². The molecule has 0 unspecified atom stereocenters. The van der Waals surface area contributed by atoms with Crippen molar-refractivity contribution in [1.82, 2.24) is 0 Å². The molecule has 0 aliphatic heterocycles. The minimum Gasteiger partial charge on any atom is -0.487 e. The molecule has 5 rings (SSSR count). The Balaban J connectivity index is 1.20. The van der Waals surface area contributed by atoms with E-state index in [2.05, 4.69) is 47.4 Å². The third-order valence-electron chi connectivity index (χ3n) is 4.61. The summed E-state index contributed by atoms with van der Waals surface area (Å²) in [5.41, 5.74) is 0. The molecule has 5 aromatic heterocycles. The summed E-state index contributed by atoms with van der Waals surface area (Å²) in [6, 6.07) is 18.8. The van der Waals surface area contributed by atoms with E-state index in [-0.39, 0.29) is 5.00 Å². The Kier molecular flexibility index (Phi) is 8.07. The quantitative estimate of drug-likeness (QED) is 0.123. The molecule has 0 saturated heterocycles. The number of hydrogen-bond acceptors (Lipinski definition) is 8. The number of ether oxygens (including phenoxy) is 1. The van der Waals surface area contributed by atoms with E-state index in [0.717, 1.165) is 50.5 Å². The first-order valence-electron chi connectivity index (χ1n) is 10.8. The molecule has 0 aromatic carbocycles. The van der Waals surface area contributed by atoms with Crippen molar-refractivity contribution in [3.05, 3.63) is 110 Å². The van der Waals surface area contributed by atoms with Gasteiger partial charge in [0.15, 0.2) is 5.06 Å². The number of rotatable bonds is 2. The van der Waals surface area contributed by atoms with Crippen molar-refractivity contribution >= 4 is 61.7 Å². The Labute approximate surface area is 239 Å². The molecule has 182 valence electrons. The maximum atomic E-state index is 10.8. The summed E-state index contributed by atoms with van der Waals surface area (Å²) in [4.78, 5) is 17.6. The number of nitro groups is 1. The lowest BCUT2D eigenvalue weighted by Gasteiger charge is -1.87. The van der Waals surface area contributed by atoms with Crippen molar-refractivity contribution in [2.24, 2.45) is 0 Å². The highest BCUT2D eigenvalue weighted by molar-refractivity contribution is 7.16. The summed E-state index contributed by atoms with van der Waals surface area (Å²) in [5.74, 6) is 25.2. The van der Waals surface area contributed by atoms with E-state index < -0.39 is 4.92 Å². The molecule has 5 aromatic rings. The highest BCUT2D eigenvalue weighted by Gasteiger charge is 2.07. The largest absolute Gasteiger partial charge is 0.487 e. The highest BCUT2D eigenvalue weighted by atomic mass is 32.1. The predicted octanol–water partition coefficient (Wildman–Crippen LogP) is 7.51. The second-order valence-electron chi connectivity index (χ2n) is 7.21. The standard InChI is InChI=1S/C29H13NO3S5/c1-33-29-19-17-27(38-29)15-13-25-11-9-23(36-25)7-5-21-3-2-20(34-21)4-6-22-8-10-24(35-22)12-14-26-16-18-28(37-26)30(31)32/h2-3,8-11,16-19H,1H3. The molecule has 0 radical (unpaired) electrons. The maximum absolute atomic E-state index is 10.8. The molecule has 9 heteroatoms. The zero-order valence-corrected chi connectivity index (χ0v) is 23.6. The van der Waals surface area contributed by atoms with Crippen LogP contribution in [0.3, 0.4) is 0 Å². The average molecular weight is 584 g/mol. The van der Waals surface area contributed by atoms with Gasteiger partial charge in [-0.3, -0.25) is 10.1 Å². The average Bonchev–Trinajstić information content (AvgIpc) is 3.75. The van der Waals surface area contributed by atoms with Crippen molar-refractivity contribution in [1.29, 1.82) is 0 Å². The SMILES string of the molecule is COc1ccc(C#Cc2ccc(C#Cc3ccc(C#Cc4ccc(C#Cc5ccc([N+](=O)[O-])s5)s4)s3)s2)s1. The van der Waals surface area contributed by atoms with Crippen LogP contribution in [0.25, 0.3) is 0 Å². The van der Waals surface area contributed by atoms with Gasteiger partial charge in [0.25, 0.3) is 0 Å². The highest BCUT2D eigenvalue weighted by Crippen LogP contribution is 2.24. The molecule has 0 atom stereocenters. The second kappa shape index (κ2) is 12.0. The Morgan fingerprint density at radius 1 is 0.526 bits per heavy atom. The van der Waals surface area contributed by atoms with E-state index >= 15 is 0 Å². The van der Waals surface area contributed by atoms with Crippen molar-refractivity contribution in [3.8, 4) is 52.4 Å². The zero-order chi connectivity index (χ0) is 26.3. The summed E-state index contributed by atoms with van der Waals surface area (Å²) < 4.78 is 5.20. The van der Waals surface area contributed by atoms with Crippen LogP contribution in [0.5, 0.6) is 5.06 Å². The summed E-state index contributed by atoms with van der Waals surface area (Å²) in [7, 11) is 1.65. The zero-order valence-electron chi connectivity index (χ0n) is 19.5. The molecule has 4 nitrogen and oxygen atoms in total. The van der Waals surface area contributed by atoms with Crippen LogP contribution >= 0.6 is 56.7 Å². The summed E-state index contributed by atoms with van der Waals surface area (Å²) in [6.07, 6.45) is 0. The Morgan fingerprint density at radius 2 is 0.842 bits per heavy atom. The van der Waals surface area contributed by atoms with Gasteiger partial charge in [-0.15, -0.1) is 34.0 Å². The maximum Gasteiger partial charge on any atom is 0.325 e. The van der Waals surface area contributed by atoms with Crippen LogP contribution in [-0.4, -0.2) is 12.0 Å². The predicted molar refractivity (Wildman–Crippen MR) is 159 cm³/mol. The number of nitrogens with zero attached hydrogens (tertiary/aromatic N) is 1. The third-order valence-corrected chi connectivity index (χ3v) is 9.27. The fourth-order valence-corrected chi connectivity index (χ4v) is 6.39. The van der Waals surface area contributed by atoms with Gasteiger partial charge < -0.3 is 4.74 Å². The van der Waals surface area contributed by atoms with Crippen LogP contribution in [-0.2, 0) is 0 Å². The minimum atomic E-state index is -0.407. The van der Waals surface area contributed by atoms with E-state index in [1.165, 1.54) is 28.7 Å². The van der Waals surface area contributed by atoms with Crippen LogP contribution in [0.4, 0.5) is 5.00 Å². The smallest absolute Gasteiger partial charge is 0.325 e. The van der Waals surface area contributed by atoms with Gasteiger partial charge in [0, 0.05) is 6.07 Å². The van der Waals surface area contributed by atoms with Crippen molar-refractivity contribution in [2.45, 2.75) is 0 Å². The van der Waals surface area contributed by atoms with Gasteiger partial charge in [-0.25, -0.2) is 0 Å². The van der Waals surface area contributed by atoms with Gasteiger partial charge in [-0.1, -0.05) is 22.7 Å². The molecule has 0 saturated carbocycles. The molecule has 0 spiro atoms. The molecule has 0 N–H and O–H groups in total. The van der Waals surface area contributed by atoms with Gasteiger partial charge >= 0.3 is 5.00 Å². The second-order valence-corrected chi connectivity index (χ2v) is 12.6. The van der Waals surface area contributed by atoms with Crippen LogP contribution in [0.1, 0.15) is 39.0 Å². The normalized spacial score (nSPS) is 9.61. The number of hydrogen-bond donors (Lipinski definition) is 0. The molecule has 0 fully saturated rings. The Bertz CT molecular complexity index is 1880. The topological polar surface area (TPSA) is 52.4 Å². The first kappa shape index (κ1) is 25.6. The molecule has 0 bridgehead atoms. The fraction of sp³-hybridized carbons (Fsp3) is 0.0345. The van der Waals surface area contributed by atoms with Crippen molar-refractivity contribution < 1.29 is 9.66 Å². The number of methoxy groups -OCH3 is 1. The minimum absolute atomic E-state index is 0.0907. The molecule has 0 aliphatic carbocycles. The van der Waals surface area contributed by atoms with Crippen LogP contribution in [0.15, 0.2) is 60.7 Å². The van der Waals surface area contributed by atoms with Gasteiger partial charge in [-0.05, 0) is 102 Å². The fourth-order valence-electron chi connectivity index (χ4n) is 2.90. The van der Waals surface area contributed by atoms with Gasteiger partial charge in [0.05, 0.1) is 51.1 Å². The monoisotopic (exact) mass is 583 g/mol. The van der Waals surface area contributed by atoms with E-state index in [9.17, 15) is 10.1 Å². The summed E-state index contributed by atoms with van der Waals surface area (Å²) in [5, 5.41) is 11.7. The van der Waals surface area contributed by atoms with Gasteiger partial charge in [0.1, 0.15) is 0 Å². The first-order valence-corrected chi connectivity index (χ1v) is 14.9. The van der Waals surface area contributed by atoms with E-state index in [4.69, 9.17) is 4.74 Å². The molecular formula is C29H13NO3S5. The Morgan fingerprint density at radius 3 is 1.16 bits per heavy atom. The number of thiophene rings is 5. The summed E-state index contributed by atoms with van der Waals surface area (Å²) in [6.45, 7) is 0. The molecule has 38 heavy (non-hydrogen) atoms.